The van der Waals surface area contributed by atoms with E-state index >= 15 is 0 Å². The smallest absolute Gasteiger partial charge is 0.258 e. The molecule has 2 amide bonds. The molecule has 1 aliphatic carbocycles. The Bertz CT molecular complexity index is 1720. The maximum Gasteiger partial charge on any atom is 0.258 e. The maximum absolute atomic E-state index is 13.9. The molecule has 0 fully saturated rings. The minimum absolute atomic E-state index is 0.0125. The number of benzene rings is 3. The van der Waals surface area contributed by atoms with Crippen molar-refractivity contribution in [3.8, 4) is 5.75 Å². The van der Waals surface area contributed by atoms with Crippen LogP contribution < -0.4 is 15.0 Å². The number of nitrogens with one attached hydrogen (secondary N) is 2. The van der Waals surface area contributed by atoms with E-state index < -0.39 is 11.7 Å². The van der Waals surface area contributed by atoms with Gasteiger partial charge in [-0.05, 0) is 66.1 Å². The van der Waals surface area contributed by atoms with Gasteiger partial charge in [-0.15, -0.1) is 10.2 Å². The van der Waals surface area contributed by atoms with Crippen molar-refractivity contribution in [1.29, 1.82) is 0 Å². The van der Waals surface area contributed by atoms with E-state index in [1.807, 2.05) is 30.3 Å². The zero-order valence-corrected chi connectivity index (χ0v) is 22.7. The predicted octanol–water partition coefficient (Wildman–Crippen LogP) is 5.49. The largest absolute Gasteiger partial charge is 0.495 e. The lowest BCUT2D eigenvalue weighted by atomic mass is 9.80. The quantitative estimate of drug-likeness (QED) is 0.328. The molecular formula is C30H24ClFN6O3. The number of allylic oxidation sites excluding steroid dienone is 4. The average Bonchev–Trinajstić information content (AvgIpc) is 3.63. The van der Waals surface area contributed by atoms with Gasteiger partial charge in [0, 0.05) is 28.8 Å². The van der Waals surface area contributed by atoms with Crippen LogP contribution in [0.5, 0.6) is 5.75 Å². The summed E-state index contributed by atoms with van der Waals surface area (Å²) in [6.45, 7) is 0.467. The molecule has 3 aromatic carbocycles. The zero-order valence-electron chi connectivity index (χ0n) is 21.9. The van der Waals surface area contributed by atoms with Crippen molar-refractivity contribution < 1.29 is 18.7 Å². The molecule has 0 unspecified atom stereocenters. The van der Waals surface area contributed by atoms with Crippen molar-refractivity contribution in [2.45, 2.75) is 12.8 Å². The number of anilines is 2. The van der Waals surface area contributed by atoms with E-state index in [1.165, 1.54) is 19.2 Å². The summed E-state index contributed by atoms with van der Waals surface area (Å²) < 4.78 is 19.2. The number of H-pyrrole nitrogens is 1. The molecule has 1 spiro atoms. The molecule has 1 atom stereocenters. The molecule has 11 heteroatoms. The Morgan fingerprint density at radius 3 is 2.80 bits per heavy atom. The first-order valence-electron chi connectivity index (χ1n) is 12.9. The highest BCUT2D eigenvalue weighted by Gasteiger charge is 2.36. The van der Waals surface area contributed by atoms with Gasteiger partial charge in [0.1, 0.15) is 11.6 Å². The van der Waals surface area contributed by atoms with Crippen LogP contribution >= 0.6 is 11.6 Å². The van der Waals surface area contributed by atoms with Crippen LogP contribution in [0.2, 0.25) is 5.02 Å². The molecule has 4 aromatic rings. The van der Waals surface area contributed by atoms with Crippen LogP contribution in [-0.2, 0) is 6.42 Å². The standard InChI is InChI=1S/C30H24ClFN6O3/c1-41-26-14-18(6-9-24(26)33-28(39)22-15-21(32)7-8-23(22)31)29(40)38-13-12-30(16-19-4-2-3-5-25(19)38)11-10-20(17-30)27-34-36-37-35-27/h2-11,14-15,17H,12-13,16H2,1H3,(H,33,39)(H,34,35,36,37)/t30-/m0/s1. The van der Waals surface area contributed by atoms with Crippen LogP contribution in [0.15, 0.2) is 78.9 Å². The Morgan fingerprint density at radius 1 is 1.15 bits per heavy atom. The molecule has 41 heavy (non-hydrogen) atoms. The normalized spacial score (nSPS) is 17.6. The Morgan fingerprint density at radius 2 is 2.00 bits per heavy atom. The summed E-state index contributed by atoms with van der Waals surface area (Å²) in [5.41, 5.74) is 3.15. The van der Waals surface area contributed by atoms with Crippen molar-refractivity contribution in [3.63, 3.8) is 0 Å². The van der Waals surface area contributed by atoms with E-state index in [1.54, 1.807) is 23.1 Å². The number of ether oxygens (including phenoxy) is 1. The summed E-state index contributed by atoms with van der Waals surface area (Å²) in [4.78, 5) is 28.5. The van der Waals surface area contributed by atoms with Gasteiger partial charge in [0.05, 0.1) is 23.4 Å². The molecule has 0 bridgehead atoms. The lowest BCUT2D eigenvalue weighted by Gasteiger charge is -2.25. The summed E-state index contributed by atoms with van der Waals surface area (Å²) in [6.07, 6.45) is 7.69. The van der Waals surface area contributed by atoms with Gasteiger partial charge in [-0.3, -0.25) is 9.59 Å². The predicted molar refractivity (Wildman–Crippen MR) is 153 cm³/mol. The number of rotatable bonds is 5. The third-order valence-corrected chi connectivity index (χ3v) is 7.69. The minimum atomic E-state index is -0.600. The van der Waals surface area contributed by atoms with Gasteiger partial charge in [0.25, 0.3) is 11.8 Å². The molecular weight excluding hydrogens is 547 g/mol. The van der Waals surface area contributed by atoms with E-state index in [4.69, 9.17) is 16.3 Å². The number of hydrogen-bond donors (Lipinski definition) is 2. The molecule has 2 aliphatic rings. The summed E-state index contributed by atoms with van der Waals surface area (Å²) in [5.74, 6) is -0.577. The van der Waals surface area contributed by atoms with Crippen molar-refractivity contribution in [3.05, 3.63) is 112 Å². The van der Waals surface area contributed by atoms with Crippen molar-refractivity contribution in [2.75, 3.05) is 23.9 Å². The number of aromatic amines is 1. The third kappa shape index (κ3) is 5.09. The molecule has 0 saturated carbocycles. The lowest BCUT2D eigenvalue weighted by molar-refractivity contribution is 0.0984. The second kappa shape index (κ2) is 10.6. The fraction of sp³-hybridized carbons (Fsp3) is 0.167. The highest BCUT2D eigenvalue weighted by atomic mass is 35.5. The molecule has 9 nitrogen and oxygen atoms in total. The first-order chi connectivity index (χ1) is 19.9. The first-order valence-corrected chi connectivity index (χ1v) is 13.2. The number of fused-ring (bicyclic) bond motifs is 1. The van der Waals surface area contributed by atoms with Crippen LogP contribution in [0.25, 0.3) is 5.57 Å². The number of carbonyl (C=O) groups excluding carboxylic acids is 2. The van der Waals surface area contributed by atoms with Crippen molar-refractivity contribution in [2.24, 2.45) is 5.41 Å². The van der Waals surface area contributed by atoms with Crippen molar-refractivity contribution >= 4 is 40.4 Å². The number of para-hydroxylation sites is 1. The van der Waals surface area contributed by atoms with E-state index in [-0.39, 0.29) is 27.7 Å². The lowest BCUT2D eigenvalue weighted by Crippen LogP contribution is -2.33. The van der Waals surface area contributed by atoms with Crippen LogP contribution in [0.1, 0.15) is 38.5 Å². The van der Waals surface area contributed by atoms with Gasteiger partial charge in [0.2, 0.25) is 5.82 Å². The Kier molecular flexibility index (Phi) is 6.84. The summed E-state index contributed by atoms with van der Waals surface area (Å²) >= 11 is 6.09. The van der Waals surface area contributed by atoms with Gasteiger partial charge in [-0.2, -0.15) is 5.21 Å². The average molecular weight is 571 g/mol. The maximum atomic E-state index is 13.9. The van der Waals surface area contributed by atoms with Gasteiger partial charge >= 0.3 is 0 Å². The highest BCUT2D eigenvalue weighted by molar-refractivity contribution is 6.34. The minimum Gasteiger partial charge on any atom is -0.495 e. The number of aromatic nitrogens is 4. The number of amides is 2. The molecule has 0 saturated heterocycles. The van der Waals surface area contributed by atoms with Crippen LogP contribution in [0.4, 0.5) is 15.8 Å². The van der Waals surface area contributed by atoms with Gasteiger partial charge in [-0.1, -0.05) is 48.0 Å². The van der Waals surface area contributed by atoms with E-state index in [2.05, 4.69) is 38.1 Å². The van der Waals surface area contributed by atoms with Crippen LogP contribution in [0, 0.1) is 11.2 Å². The number of hydrogen-bond acceptors (Lipinski definition) is 6. The number of tetrazole rings is 1. The second-order valence-electron chi connectivity index (χ2n) is 9.91. The number of halogens is 2. The Balaban J connectivity index is 1.27. The molecule has 2 heterocycles. The van der Waals surface area contributed by atoms with E-state index in [0.717, 1.165) is 22.9 Å². The second-order valence-corrected chi connectivity index (χ2v) is 10.3. The van der Waals surface area contributed by atoms with Crippen molar-refractivity contribution in [1.82, 2.24) is 20.6 Å². The van der Waals surface area contributed by atoms with Crippen LogP contribution in [-0.4, -0.2) is 46.1 Å². The molecule has 1 aromatic heterocycles. The highest BCUT2D eigenvalue weighted by Crippen LogP contribution is 2.44. The fourth-order valence-corrected chi connectivity index (χ4v) is 5.52. The number of methoxy groups -OCH3 is 1. The molecule has 0 radical (unpaired) electrons. The topological polar surface area (TPSA) is 113 Å². The monoisotopic (exact) mass is 570 g/mol. The molecule has 6 rings (SSSR count). The fourth-order valence-electron chi connectivity index (χ4n) is 5.31. The van der Waals surface area contributed by atoms with E-state index in [9.17, 15) is 14.0 Å². The van der Waals surface area contributed by atoms with Gasteiger partial charge in [-0.25, -0.2) is 4.39 Å². The number of nitrogens with zero attached hydrogens (tertiary/aromatic N) is 4. The molecule has 1 aliphatic heterocycles. The third-order valence-electron chi connectivity index (χ3n) is 7.36. The SMILES string of the molecule is COc1cc(C(=O)N2CC[C@@]3(C=CC(c4nn[nH]n4)=C3)Cc3ccccc32)ccc1NC(=O)c1cc(F)ccc1Cl. The van der Waals surface area contributed by atoms with Gasteiger partial charge < -0.3 is 15.0 Å². The van der Waals surface area contributed by atoms with Crippen LogP contribution in [0.3, 0.4) is 0 Å². The molecule has 206 valence electrons. The zero-order chi connectivity index (χ0) is 28.6. The Hall–Kier alpha value is -4.83. The summed E-state index contributed by atoms with van der Waals surface area (Å²) in [7, 11) is 1.44. The molecule has 2 N–H and O–H groups in total. The Labute approximate surface area is 239 Å². The number of carbonyl (C=O) groups is 2. The van der Waals surface area contributed by atoms with Gasteiger partial charge in [0.15, 0.2) is 0 Å². The first kappa shape index (κ1) is 26.4. The van der Waals surface area contributed by atoms with E-state index in [0.29, 0.717) is 36.5 Å². The summed E-state index contributed by atoms with van der Waals surface area (Å²) in [5, 5.41) is 17.2. The summed E-state index contributed by atoms with van der Waals surface area (Å²) in [6, 6.07) is 16.2.